The minimum Gasteiger partial charge on any atom is -0.385 e. The van der Waals surface area contributed by atoms with E-state index in [1.54, 1.807) is 18.5 Å². The molecule has 3 heterocycles. The molecule has 1 fully saturated rings. The van der Waals surface area contributed by atoms with Gasteiger partial charge in [0.2, 0.25) is 5.95 Å². The van der Waals surface area contributed by atoms with Crippen LogP contribution < -0.4 is 4.90 Å². The van der Waals surface area contributed by atoms with Gasteiger partial charge in [0, 0.05) is 49.4 Å². The molecule has 2 aromatic rings. The number of piperidine rings is 1. The Hall–Kier alpha value is -2.22. The van der Waals surface area contributed by atoms with Crippen molar-refractivity contribution in [2.24, 2.45) is 0 Å². The molecule has 3 rings (SSSR count). The summed E-state index contributed by atoms with van der Waals surface area (Å²) in [5.74, 6) is 0.410. The van der Waals surface area contributed by atoms with Gasteiger partial charge in [-0.25, -0.2) is 9.97 Å². The van der Waals surface area contributed by atoms with Gasteiger partial charge in [0.1, 0.15) is 0 Å². The van der Waals surface area contributed by atoms with Crippen molar-refractivity contribution in [1.29, 1.82) is 0 Å². The second-order valence-corrected chi connectivity index (χ2v) is 6.22. The highest BCUT2D eigenvalue weighted by Crippen LogP contribution is 2.33. The van der Waals surface area contributed by atoms with Gasteiger partial charge in [0.25, 0.3) is 0 Å². The maximum absolute atomic E-state index is 12.4. The van der Waals surface area contributed by atoms with Crippen molar-refractivity contribution in [2.75, 3.05) is 18.0 Å². The van der Waals surface area contributed by atoms with Crippen LogP contribution in [0.1, 0.15) is 30.5 Å². The summed E-state index contributed by atoms with van der Waals surface area (Å²) in [6, 6.07) is 5.13. The number of pyridine rings is 1. The van der Waals surface area contributed by atoms with E-state index in [2.05, 4.69) is 15.0 Å². The first-order valence-electron chi connectivity index (χ1n) is 8.12. The van der Waals surface area contributed by atoms with E-state index in [-0.39, 0.29) is 6.42 Å². The molecule has 0 aromatic carbocycles. The van der Waals surface area contributed by atoms with E-state index in [1.807, 2.05) is 11.0 Å². The highest BCUT2D eigenvalue weighted by Gasteiger charge is 2.35. The monoisotopic (exact) mass is 352 g/mol. The van der Waals surface area contributed by atoms with E-state index in [1.165, 1.54) is 12.3 Å². The quantitative estimate of drug-likeness (QED) is 0.917. The molecular formula is C17H19F3N4O. The Morgan fingerprint density at radius 3 is 2.56 bits per heavy atom. The molecule has 8 heteroatoms. The topological polar surface area (TPSA) is 62.1 Å². The van der Waals surface area contributed by atoms with Crippen LogP contribution in [0.4, 0.5) is 19.1 Å². The predicted octanol–water partition coefficient (Wildman–Crippen LogP) is 2.85. The minimum atomic E-state index is -4.20. The molecule has 0 atom stereocenters. The summed E-state index contributed by atoms with van der Waals surface area (Å²) in [5.41, 5.74) is 0.198. The third-order valence-electron chi connectivity index (χ3n) is 4.44. The first-order valence-corrected chi connectivity index (χ1v) is 8.12. The van der Waals surface area contributed by atoms with Crippen LogP contribution in [0, 0.1) is 0 Å². The van der Waals surface area contributed by atoms with Gasteiger partial charge >= 0.3 is 6.18 Å². The van der Waals surface area contributed by atoms with Gasteiger partial charge in [0.15, 0.2) is 0 Å². The summed E-state index contributed by atoms with van der Waals surface area (Å²) in [6.07, 6.45) is 0.499. The number of hydrogen-bond acceptors (Lipinski definition) is 5. The van der Waals surface area contributed by atoms with Crippen molar-refractivity contribution in [3.63, 3.8) is 0 Å². The Labute approximate surface area is 143 Å². The van der Waals surface area contributed by atoms with Crippen molar-refractivity contribution >= 4 is 5.95 Å². The van der Waals surface area contributed by atoms with Crippen LogP contribution in [-0.4, -0.2) is 39.3 Å². The van der Waals surface area contributed by atoms with Gasteiger partial charge in [-0.05, 0) is 31.4 Å². The fourth-order valence-corrected chi connectivity index (χ4v) is 2.95. The van der Waals surface area contributed by atoms with Crippen molar-refractivity contribution in [2.45, 2.75) is 37.5 Å². The second-order valence-electron chi connectivity index (χ2n) is 6.22. The highest BCUT2D eigenvalue weighted by atomic mass is 19.4. The maximum atomic E-state index is 12.4. The van der Waals surface area contributed by atoms with Crippen molar-refractivity contribution in [3.8, 4) is 0 Å². The molecule has 1 aliphatic rings. The number of rotatable bonds is 4. The van der Waals surface area contributed by atoms with Crippen LogP contribution in [0.5, 0.6) is 0 Å². The zero-order chi connectivity index (χ0) is 17.9. The molecule has 0 spiro atoms. The van der Waals surface area contributed by atoms with E-state index >= 15 is 0 Å². The molecule has 2 aromatic heterocycles. The van der Waals surface area contributed by atoms with Crippen molar-refractivity contribution < 1.29 is 18.3 Å². The molecule has 1 aliphatic heterocycles. The van der Waals surface area contributed by atoms with Crippen LogP contribution in [0.2, 0.25) is 0 Å². The zero-order valence-electron chi connectivity index (χ0n) is 13.6. The second kappa shape index (κ2) is 6.95. The van der Waals surface area contributed by atoms with Gasteiger partial charge < -0.3 is 10.0 Å². The predicted molar refractivity (Wildman–Crippen MR) is 86.0 cm³/mol. The molecule has 25 heavy (non-hydrogen) atoms. The average molecular weight is 352 g/mol. The van der Waals surface area contributed by atoms with E-state index in [0.717, 1.165) is 5.56 Å². The first-order chi connectivity index (χ1) is 11.9. The number of anilines is 1. The normalized spacial score (nSPS) is 17.5. The molecule has 1 N–H and O–H groups in total. The lowest BCUT2D eigenvalue weighted by Crippen LogP contribution is -2.43. The summed E-state index contributed by atoms with van der Waals surface area (Å²) in [7, 11) is 0. The lowest BCUT2D eigenvalue weighted by Gasteiger charge is -2.38. The summed E-state index contributed by atoms with van der Waals surface area (Å²) in [5, 5.41) is 10.8. The molecule has 0 saturated carbocycles. The molecule has 0 amide bonds. The molecule has 1 saturated heterocycles. The lowest BCUT2D eigenvalue weighted by molar-refractivity contribution is -0.134. The van der Waals surface area contributed by atoms with E-state index in [0.29, 0.717) is 37.6 Å². The molecule has 0 unspecified atom stereocenters. The third-order valence-corrected chi connectivity index (χ3v) is 4.44. The Morgan fingerprint density at radius 1 is 1.16 bits per heavy atom. The lowest BCUT2D eigenvalue weighted by atomic mass is 9.85. The Morgan fingerprint density at radius 2 is 1.92 bits per heavy atom. The molecule has 0 radical (unpaired) electrons. The van der Waals surface area contributed by atoms with Crippen LogP contribution in [0.3, 0.4) is 0 Å². The average Bonchev–Trinajstić information content (AvgIpc) is 2.61. The van der Waals surface area contributed by atoms with E-state index < -0.39 is 18.2 Å². The number of halogens is 3. The highest BCUT2D eigenvalue weighted by molar-refractivity contribution is 5.33. The van der Waals surface area contributed by atoms with Crippen molar-refractivity contribution in [3.05, 3.63) is 48.0 Å². The minimum absolute atomic E-state index is 0.160. The molecule has 5 nitrogen and oxygen atoms in total. The number of hydrogen-bond donors (Lipinski definition) is 1. The Bertz CT molecular complexity index is 701. The summed E-state index contributed by atoms with van der Waals surface area (Å²) >= 11 is 0. The molecule has 0 aliphatic carbocycles. The molecule has 134 valence electrons. The number of aryl methyl sites for hydroxylation is 1. The van der Waals surface area contributed by atoms with Crippen LogP contribution in [0.15, 0.2) is 36.8 Å². The van der Waals surface area contributed by atoms with Gasteiger partial charge in [-0.1, -0.05) is 6.07 Å². The number of aliphatic hydroxyl groups is 1. The van der Waals surface area contributed by atoms with Crippen LogP contribution in [0.25, 0.3) is 0 Å². The number of nitrogens with zero attached hydrogens (tertiary/aromatic N) is 4. The third kappa shape index (κ3) is 4.45. The van der Waals surface area contributed by atoms with Crippen LogP contribution >= 0.6 is 0 Å². The van der Waals surface area contributed by atoms with Gasteiger partial charge in [-0.3, -0.25) is 4.98 Å². The summed E-state index contributed by atoms with van der Waals surface area (Å²) in [6.45, 7) is 1.04. The first kappa shape index (κ1) is 17.6. The molecular weight excluding hydrogens is 333 g/mol. The SMILES string of the molecule is OC1(c2cccnc2)CCN(c2nccc(CCC(F)(F)F)n2)CC1. The number of alkyl halides is 3. The van der Waals surface area contributed by atoms with Gasteiger partial charge in [0.05, 0.1) is 5.60 Å². The number of aromatic nitrogens is 3. The van der Waals surface area contributed by atoms with Crippen molar-refractivity contribution in [1.82, 2.24) is 15.0 Å². The van der Waals surface area contributed by atoms with Gasteiger partial charge in [-0.15, -0.1) is 0 Å². The summed E-state index contributed by atoms with van der Waals surface area (Å²) in [4.78, 5) is 14.3. The standard InChI is InChI=1S/C17H19F3N4O/c18-17(19,20)5-3-14-4-9-22-15(23-14)24-10-6-16(25,7-11-24)13-2-1-8-21-12-13/h1-2,4,8-9,12,25H,3,5-7,10-11H2. The fourth-order valence-electron chi connectivity index (χ4n) is 2.95. The zero-order valence-corrected chi connectivity index (χ0v) is 13.6. The smallest absolute Gasteiger partial charge is 0.385 e. The maximum Gasteiger partial charge on any atom is 0.389 e. The fraction of sp³-hybridized carbons (Fsp3) is 0.471. The largest absolute Gasteiger partial charge is 0.389 e. The van der Waals surface area contributed by atoms with E-state index in [9.17, 15) is 18.3 Å². The van der Waals surface area contributed by atoms with E-state index in [4.69, 9.17) is 0 Å². The Balaban J connectivity index is 1.65. The van der Waals surface area contributed by atoms with Gasteiger partial charge in [-0.2, -0.15) is 13.2 Å². The Kier molecular flexibility index (Phi) is 4.89. The summed E-state index contributed by atoms with van der Waals surface area (Å²) < 4.78 is 37.1. The molecule has 0 bridgehead atoms. The van der Waals surface area contributed by atoms with Crippen LogP contribution in [-0.2, 0) is 12.0 Å².